The van der Waals surface area contributed by atoms with Crippen LogP contribution in [-0.2, 0) is 6.54 Å². The van der Waals surface area contributed by atoms with E-state index in [1.165, 1.54) is 38.5 Å². The van der Waals surface area contributed by atoms with Crippen molar-refractivity contribution in [1.82, 2.24) is 10.2 Å². The fourth-order valence-corrected chi connectivity index (χ4v) is 4.18. The van der Waals surface area contributed by atoms with Gasteiger partial charge in [0, 0.05) is 37.3 Å². The topological polar surface area (TPSA) is 15.3 Å². The summed E-state index contributed by atoms with van der Waals surface area (Å²) >= 11 is 0. The van der Waals surface area contributed by atoms with E-state index in [1.54, 1.807) is 12.1 Å². The maximum absolute atomic E-state index is 13.9. The van der Waals surface area contributed by atoms with Gasteiger partial charge < -0.3 is 5.32 Å². The highest BCUT2D eigenvalue weighted by Crippen LogP contribution is 2.23. The van der Waals surface area contributed by atoms with Gasteiger partial charge in [-0.2, -0.15) is 0 Å². The van der Waals surface area contributed by atoms with Crippen molar-refractivity contribution in [3.63, 3.8) is 0 Å². The van der Waals surface area contributed by atoms with Crippen LogP contribution in [0.3, 0.4) is 0 Å². The summed E-state index contributed by atoms with van der Waals surface area (Å²) in [6.07, 6.45) is 8.07. The molecule has 1 aromatic rings. The second-order valence-corrected chi connectivity index (χ2v) is 7.32. The van der Waals surface area contributed by atoms with Crippen molar-refractivity contribution in [3.05, 3.63) is 35.6 Å². The van der Waals surface area contributed by atoms with Crippen molar-refractivity contribution >= 4 is 0 Å². The predicted molar refractivity (Wildman–Crippen MR) is 89.3 cm³/mol. The zero-order valence-corrected chi connectivity index (χ0v) is 13.7. The molecule has 3 rings (SSSR count). The molecule has 0 spiro atoms. The summed E-state index contributed by atoms with van der Waals surface area (Å²) in [6, 6.07) is 8.46. The first-order chi connectivity index (χ1) is 10.7. The van der Waals surface area contributed by atoms with E-state index < -0.39 is 0 Å². The second kappa shape index (κ2) is 7.56. The Morgan fingerprint density at radius 1 is 1.09 bits per heavy atom. The number of hydrogen-bond donors (Lipinski definition) is 1. The Kier molecular flexibility index (Phi) is 5.48. The van der Waals surface area contributed by atoms with Crippen LogP contribution < -0.4 is 5.32 Å². The summed E-state index contributed by atoms with van der Waals surface area (Å²) in [5, 5.41) is 3.88. The molecule has 0 amide bonds. The van der Waals surface area contributed by atoms with Crippen LogP contribution in [0.25, 0.3) is 0 Å². The maximum Gasteiger partial charge on any atom is 0.127 e. The third-order valence-corrected chi connectivity index (χ3v) is 5.16. The molecule has 1 aromatic carbocycles. The summed E-state index contributed by atoms with van der Waals surface area (Å²) in [6.45, 7) is 5.19. The van der Waals surface area contributed by atoms with E-state index in [4.69, 9.17) is 0 Å². The van der Waals surface area contributed by atoms with Crippen molar-refractivity contribution < 1.29 is 4.39 Å². The van der Waals surface area contributed by atoms with Gasteiger partial charge in [0.15, 0.2) is 0 Å². The van der Waals surface area contributed by atoms with Crippen molar-refractivity contribution in [2.45, 2.75) is 64.1 Å². The fourth-order valence-electron chi connectivity index (χ4n) is 4.18. The molecule has 2 nitrogen and oxygen atoms in total. The highest BCUT2D eigenvalue weighted by Gasteiger charge is 2.27. The number of hydrogen-bond acceptors (Lipinski definition) is 2. The van der Waals surface area contributed by atoms with Crippen LogP contribution in [0.1, 0.15) is 51.0 Å². The van der Waals surface area contributed by atoms with Crippen molar-refractivity contribution in [2.75, 3.05) is 13.1 Å². The van der Waals surface area contributed by atoms with Gasteiger partial charge in [-0.15, -0.1) is 0 Å². The number of nitrogens with zero attached hydrogens (tertiary/aromatic N) is 1. The van der Waals surface area contributed by atoms with Gasteiger partial charge in [-0.3, -0.25) is 4.90 Å². The van der Waals surface area contributed by atoms with Crippen LogP contribution in [0.5, 0.6) is 0 Å². The van der Waals surface area contributed by atoms with Crippen molar-refractivity contribution in [1.29, 1.82) is 0 Å². The number of rotatable bonds is 4. The summed E-state index contributed by atoms with van der Waals surface area (Å²) in [7, 11) is 0. The molecular formula is C19H29FN2. The van der Waals surface area contributed by atoms with Gasteiger partial charge in [0.05, 0.1) is 0 Å². The molecule has 0 radical (unpaired) electrons. The van der Waals surface area contributed by atoms with Gasteiger partial charge in [-0.25, -0.2) is 4.39 Å². The van der Waals surface area contributed by atoms with Crippen LogP contribution in [-0.4, -0.2) is 30.1 Å². The molecule has 3 heteroatoms. The van der Waals surface area contributed by atoms with E-state index in [2.05, 4.69) is 17.1 Å². The lowest BCUT2D eigenvalue weighted by Gasteiger charge is -2.39. The quantitative estimate of drug-likeness (QED) is 0.906. The summed E-state index contributed by atoms with van der Waals surface area (Å²) < 4.78 is 13.9. The third-order valence-electron chi connectivity index (χ3n) is 5.16. The van der Waals surface area contributed by atoms with E-state index in [0.29, 0.717) is 18.0 Å². The molecule has 1 aliphatic carbocycles. The summed E-state index contributed by atoms with van der Waals surface area (Å²) in [5.41, 5.74) is 0.827. The monoisotopic (exact) mass is 304 g/mol. The van der Waals surface area contributed by atoms with E-state index in [0.717, 1.165) is 25.2 Å². The lowest BCUT2D eigenvalue weighted by molar-refractivity contribution is 0.130. The number of nitrogens with one attached hydrogen (secondary N) is 1. The maximum atomic E-state index is 13.9. The molecule has 0 bridgehead atoms. The van der Waals surface area contributed by atoms with E-state index in [-0.39, 0.29) is 5.82 Å². The van der Waals surface area contributed by atoms with Gasteiger partial charge in [0.1, 0.15) is 5.82 Å². The molecule has 2 unspecified atom stereocenters. The molecule has 1 N–H and O–H groups in total. The molecule has 1 aliphatic heterocycles. The van der Waals surface area contributed by atoms with Crippen molar-refractivity contribution in [3.8, 4) is 0 Å². The Bertz CT molecular complexity index is 470. The van der Waals surface area contributed by atoms with Crippen molar-refractivity contribution in [2.24, 2.45) is 5.92 Å². The number of halogens is 1. The Hall–Kier alpha value is -0.930. The predicted octanol–water partition coefficient (Wildman–Crippen LogP) is 3.96. The SMILES string of the molecule is CC1CC(NC2CCCCC2)CN(Cc2ccccc2F)C1. The minimum Gasteiger partial charge on any atom is -0.310 e. The van der Waals surface area contributed by atoms with Gasteiger partial charge >= 0.3 is 0 Å². The number of likely N-dealkylation sites (tertiary alicyclic amines) is 1. The van der Waals surface area contributed by atoms with Gasteiger partial charge in [-0.05, 0) is 31.2 Å². The molecular weight excluding hydrogens is 275 g/mol. The first kappa shape index (κ1) is 15.9. The van der Waals surface area contributed by atoms with Gasteiger partial charge in [0.2, 0.25) is 0 Å². The molecule has 0 aromatic heterocycles. The Morgan fingerprint density at radius 3 is 2.64 bits per heavy atom. The van der Waals surface area contributed by atoms with Crippen LogP contribution in [0, 0.1) is 11.7 Å². The smallest absolute Gasteiger partial charge is 0.127 e. The van der Waals surface area contributed by atoms with Crippen LogP contribution in [0.15, 0.2) is 24.3 Å². The Balaban J connectivity index is 1.57. The minimum absolute atomic E-state index is 0.0717. The zero-order valence-electron chi connectivity index (χ0n) is 13.7. The lowest BCUT2D eigenvalue weighted by Crippen LogP contribution is -2.51. The Labute approximate surface area is 134 Å². The molecule has 2 fully saturated rings. The Morgan fingerprint density at radius 2 is 1.86 bits per heavy atom. The fraction of sp³-hybridized carbons (Fsp3) is 0.684. The van der Waals surface area contributed by atoms with Gasteiger partial charge in [-0.1, -0.05) is 44.4 Å². The largest absolute Gasteiger partial charge is 0.310 e. The summed E-state index contributed by atoms with van der Waals surface area (Å²) in [5.74, 6) is 0.610. The average Bonchev–Trinajstić information content (AvgIpc) is 2.50. The van der Waals surface area contributed by atoms with E-state index in [1.807, 2.05) is 12.1 Å². The average molecular weight is 304 g/mol. The molecule has 1 saturated carbocycles. The first-order valence-electron chi connectivity index (χ1n) is 8.92. The minimum atomic E-state index is -0.0717. The second-order valence-electron chi connectivity index (χ2n) is 7.32. The normalized spacial score (nSPS) is 27.9. The summed E-state index contributed by atoms with van der Waals surface area (Å²) in [4.78, 5) is 2.42. The molecule has 22 heavy (non-hydrogen) atoms. The molecule has 2 aliphatic rings. The third kappa shape index (κ3) is 4.30. The van der Waals surface area contributed by atoms with E-state index >= 15 is 0 Å². The molecule has 122 valence electrons. The van der Waals surface area contributed by atoms with Gasteiger partial charge in [0.25, 0.3) is 0 Å². The standard InChI is InChI=1S/C19H29FN2/c1-15-11-18(21-17-8-3-2-4-9-17)14-22(12-15)13-16-7-5-6-10-19(16)20/h5-7,10,15,17-18,21H,2-4,8-9,11-14H2,1H3. The zero-order chi connectivity index (χ0) is 15.4. The van der Waals surface area contributed by atoms with Crippen LogP contribution >= 0.6 is 0 Å². The number of benzene rings is 1. The highest BCUT2D eigenvalue weighted by atomic mass is 19.1. The molecule has 1 heterocycles. The molecule has 2 atom stereocenters. The first-order valence-corrected chi connectivity index (χ1v) is 8.92. The van der Waals surface area contributed by atoms with E-state index in [9.17, 15) is 4.39 Å². The van der Waals surface area contributed by atoms with Crippen LogP contribution in [0.2, 0.25) is 0 Å². The number of piperidine rings is 1. The molecule has 1 saturated heterocycles. The van der Waals surface area contributed by atoms with Crippen LogP contribution in [0.4, 0.5) is 4.39 Å². The highest BCUT2D eigenvalue weighted by molar-refractivity contribution is 5.17. The lowest BCUT2D eigenvalue weighted by atomic mass is 9.91.